The topological polar surface area (TPSA) is 69.0 Å². The third kappa shape index (κ3) is 4.98. The summed E-state index contributed by atoms with van der Waals surface area (Å²) in [5, 5.41) is 7.35. The van der Waals surface area contributed by atoms with Crippen LogP contribution in [0, 0.1) is 0 Å². The largest absolute Gasteiger partial charge is 0.465 e. The molecule has 1 aromatic heterocycles. The van der Waals surface area contributed by atoms with Gasteiger partial charge in [-0.2, -0.15) is 5.10 Å². The van der Waals surface area contributed by atoms with E-state index < -0.39 is 5.54 Å². The fraction of sp³-hybridized carbons (Fsp3) is 0.769. The first-order chi connectivity index (χ1) is 8.98. The lowest BCUT2D eigenvalue weighted by atomic mass is 9.94. The standard InChI is InChI=1S/C13H24N4O2/c1-5-19-12(18)13(4,16-11(2)3)7-6-8-17-10-14-9-15-17/h9-11,16H,5-8H2,1-4H3. The SMILES string of the molecule is CCOC(=O)C(C)(CCCn1cncn1)NC(C)C. The van der Waals surface area contributed by atoms with Crippen LogP contribution in [0.5, 0.6) is 0 Å². The van der Waals surface area contributed by atoms with Crippen molar-refractivity contribution < 1.29 is 9.53 Å². The number of carbonyl (C=O) groups excluding carboxylic acids is 1. The minimum atomic E-state index is -0.648. The molecule has 0 saturated heterocycles. The highest BCUT2D eigenvalue weighted by Crippen LogP contribution is 2.16. The maximum absolute atomic E-state index is 12.1. The Labute approximate surface area is 114 Å². The average Bonchev–Trinajstić information content (AvgIpc) is 2.81. The van der Waals surface area contributed by atoms with E-state index in [9.17, 15) is 4.79 Å². The highest BCUT2D eigenvalue weighted by Gasteiger charge is 2.34. The van der Waals surface area contributed by atoms with E-state index in [0.29, 0.717) is 13.0 Å². The number of aromatic nitrogens is 3. The summed E-state index contributed by atoms with van der Waals surface area (Å²) in [6.45, 7) is 8.91. The summed E-state index contributed by atoms with van der Waals surface area (Å²) < 4.78 is 6.92. The van der Waals surface area contributed by atoms with Gasteiger partial charge in [-0.15, -0.1) is 0 Å². The van der Waals surface area contributed by atoms with Gasteiger partial charge in [0.1, 0.15) is 18.2 Å². The van der Waals surface area contributed by atoms with Gasteiger partial charge in [-0.05, 0) is 40.5 Å². The predicted octanol–water partition coefficient (Wildman–Crippen LogP) is 1.38. The van der Waals surface area contributed by atoms with Gasteiger partial charge >= 0.3 is 5.97 Å². The third-order valence-corrected chi connectivity index (χ3v) is 2.86. The van der Waals surface area contributed by atoms with Crippen molar-refractivity contribution in [1.82, 2.24) is 20.1 Å². The predicted molar refractivity (Wildman–Crippen MR) is 72.6 cm³/mol. The molecule has 1 N–H and O–H groups in total. The zero-order chi connectivity index (χ0) is 14.3. The van der Waals surface area contributed by atoms with Gasteiger partial charge < -0.3 is 4.74 Å². The Hall–Kier alpha value is -1.43. The van der Waals surface area contributed by atoms with Gasteiger partial charge in [0.15, 0.2) is 0 Å². The molecule has 0 aromatic carbocycles. The van der Waals surface area contributed by atoms with Crippen molar-refractivity contribution in [3.8, 4) is 0 Å². The lowest BCUT2D eigenvalue weighted by Crippen LogP contribution is -2.53. The summed E-state index contributed by atoms with van der Waals surface area (Å²) in [4.78, 5) is 16.0. The van der Waals surface area contributed by atoms with Gasteiger partial charge in [0, 0.05) is 12.6 Å². The molecule has 19 heavy (non-hydrogen) atoms. The second kappa shape index (κ2) is 7.23. The number of hydrogen-bond donors (Lipinski definition) is 1. The van der Waals surface area contributed by atoms with Crippen LogP contribution in [0.2, 0.25) is 0 Å². The average molecular weight is 268 g/mol. The van der Waals surface area contributed by atoms with Crippen molar-refractivity contribution in [3.05, 3.63) is 12.7 Å². The lowest BCUT2D eigenvalue weighted by Gasteiger charge is -2.30. The maximum Gasteiger partial charge on any atom is 0.326 e. The molecule has 0 bridgehead atoms. The molecule has 0 aliphatic carbocycles. The summed E-state index contributed by atoms with van der Waals surface area (Å²) in [5.74, 6) is -0.192. The minimum absolute atomic E-state index is 0.192. The molecule has 1 aromatic rings. The Morgan fingerprint density at radius 3 is 2.79 bits per heavy atom. The first-order valence-corrected chi connectivity index (χ1v) is 6.75. The van der Waals surface area contributed by atoms with E-state index in [-0.39, 0.29) is 12.0 Å². The van der Waals surface area contributed by atoms with Crippen LogP contribution >= 0.6 is 0 Å². The summed E-state index contributed by atoms with van der Waals surface area (Å²) in [6.07, 6.45) is 4.72. The maximum atomic E-state index is 12.1. The molecule has 1 rings (SSSR count). The second-order valence-corrected chi connectivity index (χ2v) is 5.11. The number of hydrogen-bond acceptors (Lipinski definition) is 5. The molecule has 1 heterocycles. The monoisotopic (exact) mass is 268 g/mol. The summed E-state index contributed by atoms with van der Waals surface area (Å²) in [6, 6.07) is 0.223. The third-order valence-electron chi connectivity index (χ3n) is 2.86. The van der Waals surface area contributed by atoms with Crippen molar-refractivity contribution >= 4 is 5.97 Å². The molecular weight excluding hydrogens is 244 g/mol. The van der Waals surface area contributed by atoms with Crippen LogP contribution in [-0.2, 0) is 16.1 Å². The van der Waals surface area contributed by atoms with Crippen molar-refractivity contribution in [2.24, 2.45) is 0 Å². The van der Waals surface area contributed by atoms with E-state index in [1.54, 1.807) is 11.0 Å². The Morgan fingerprint density at radius 2 is 2.26 bits per heavy atom. The van der Waals surface area contributed by atoms with Crippen LogP contribution in [-0.4, -0.2) is 38.9 Å². The zero-order valence-corrected chi connectivity index (χ0v) is 12.2. The van der Waals surface area contributed by atoms with Crippen molar-refractivity contribution in [3.63, 3.8) is 0 Å². The number of rotatable bonds is 8. The molecule has 0 aliphatic heterocycles. The van der Waals surface area contributed by atoms with E-state index in [1.165, 1.54) is 6.33 Å². The molecule has 0 saturated carbocycles. The van der Waals surface area contributed by atoms with Crippen LogP contribution in [0.3, 0.4) is 0 Å². The van der Waals surface area contributed by atoms with Gasteiger partial charge in [0.25, 0.3) is 0 Å². The first kappa shape index (κ1) is 15.6. The lowest BCUT2D eigenvalue weighted by molar-refractivity contribution is -0.151. The summed E-state index contributed by atoms with van der Waals surface area (Å²) in [7, 11) is 0. The molecule has 6 heteroatoms. The van der Waals surface area contributed by atoms with E-state index in [1.807, 2.05) is 27.7 Å². The molecule has 0 spiro atoms. The van der Waals surface area contributed by atoms with Crippen LogP contribution in [0.4, 0.5) is 0 Å². The first-order valence-electron chi connectivity index (χ1n) is 6.75. The molecule has 0 aliphatic rings. The van der Waals surface area contributed by atoms with Crippen LogP contribution in [0.15, 0.2) is 12.7 Å². The molecule has 0 fully saturated rings. The molecule has 108 valence electrons. The van der Waals surface area contributed by atoms with Crippen LogP contribution < -0.4 is 5.32 Å². The quantitative estimate of drug-likeness (QED) is 0.721. The highest BCUT2D eigenvalue weighted by atomic mass is 16.5. The Balaban J connectivity index is 2.55. The fourth-order valence-electron chi connectivity index (χ4n) is 2.10. The van der Waals surface area contributed by atoms with Gasteiger partial charge in [-0.3, -0.25) is 14.8 Å². The number of nitrogens with zero attached hydrogens (tertiary/aromatic N) is 3. The number of carbonyl (C=O) groups is 1. The van der Waals surface area contributed by atoms with E-state index in [4.69, 9.17) is 4.74 Å². The highest BCUT2D eigenvalue weighted by molar-refractivity contribution is 5.80. The molecule has 0 radical (unpaired) electrons. The molecule has 6 nitrogen and oxygen atoms in total. The Kier molecular flexibility index (Phi) is 5.95. The van der Waals surface area contributed by atoms with Crippen molar-refractivity contribution in [2.75, 3.05) is 6.61 Å². The van der Waals surface area contributed by atoms with Crippen molar-refractivity contribution in [1.29, 1.82) is 0 Å². The molecule has 0 amide bonds. The Bertz CT molecular complexity index is 378. The smallest absolute Gasteiger partial charge is 0.326 e. The number of nitrogens with one attached hydrogen (secondary N) is 1. The fourth-order valence-corrected chi connectivity index (χ4v) is 2.10. The molecular formula is C13H24N4O2. The van der Waals surface area contributed by atoms with Gasteiger partial charge in [-0.25, -0.2) is 4.98 Å². The van der Waals surface area contributed by atoms with Gasteiger partial charge in [-0.1, -0.05) is 0 Å². The van der Waals surface area contributed by atoms with E-state index >= 15 is 0 Å². The van der Waals surface area contributed by atoms with E-state index in [2.05, 4.69) is 15.4 Å². The Morgan fingerprint density at radius 1 is 1.53 bits per heavy atom. The second-order valence-electron chi connectivity index (χ2n) is 5.11. The molecule has 1 unspecified atom stereocenters. The normalized spacial score (nSPS) is 14.4. The minimum Gasteiger partial charge on any atom is -0.465 e. The number of esters is 1. The van der Waals surface area contributed by atoms with Crippen molar-refractivity contribution in [2.45, 2.75) is 58.7 Å². The van der Waals surface area contributed by atoms with Crippen LogP contribution in [0.1, 0.15) is 40.5 Å². The number of aryl methyl sites for hydroxylation is 1. The summed E-state index contributed by atoms with van der Waals surface area (Å²) in [5.41, 5.74) is -0.648. The van der Waals surface area contributed by atoms with Gasteiger partial charge in [0.05, 0.1) is 6.61 Å². The van der Waals surface area contributed by atoms with E-state index in [0.717, 1.165) is 13.0 Å². The molecule has 1 atom stereocenters. The van der Waals surface area contributed by atoms with Gasteiger partial charge in [0.2, 0.25) is 0 Å². The summed E-state index contributed by atoms with van der Waals surface area (Å²) >= 11 is 0. The number of ether oxygens (including phenoxy) is 1. The zero-order valence-electron chi connectivity index (χ0n) is 12.2. The van der Waals surface area contributed by atoms with Crippen LogP contribution in [0.25, 0.3) is 0 Å².